The van der Waals surface area contributed by atoms with Crippen molar-refractivity contribution in [3.05, 3.63) is 65.6 Å². The number of aromatic nitrogens is 1. The molecule has 1 spiro atoms. The molecule has 1 saturated carbocycles. The van der Waals surface area contributed by atoms with E-state index in [0.717, 1.165) is 72.7 Å². The third-order valence-electron chi connectivity index (χ3n) is 7.16. The van der Waals surface area contributed by atoms with Gasteiger partial charge in [-0.1, -0.05) is 19.6 Å². The summed E-state index contributed by atoms with van der Waals surface area (Å²) < 4.78 is 24.5. The topological polar surface area (TPSA) is 54.6 Å². The van der Waals surface area contributed by atoms with E-state index in [2.05, 4.69) is 46.9 Å². The molecule has 1 atom stereocenters. The molecule has 32 heavy (non-hydrogen) atoms. The van der Waals surface area contributed by atoms with Crippen LogP contribution in [0.3, 0.4) is 0 Å². The molecule has 5 rings (SSSR count). The van der Waals surface area contributed by atoms with Gasteiger partial charge in [-0.25, -0.2) is 0 Å². The van der Waals surface area contributed by atoms with E-state index in [0.29, 0.717) is 11.7 Å². The average Bonchev–Trinajstić information content (AvgIpc) is 3.48. The highest BCUT2D eigenvalue weighted by Gasteiger charge is 2.40. The molecular weight excluding hydrogens is 420 g/mol. The van der Waals surface area contributed by atoms with E-state index in [1.807, 2.05) is 20.2 Å². The minimum Gasteiger partial charge on any atom is -0.359 e. The third kappa shape index (κ3) is 3.89. The molecule has 5 nitrogen and oxygen atoms in total. The Labute approximate surface area is 193 Å². The van der Waals surface area contributed by atoms with Crippen LogP contribution in [-0.2, 0) is 26.7 Å². The van der Waals surface area contributed by atoms with Gasteiger partial charge >= 0.3 is 0 Å². The number of fused-ring (bicyclic) bond motifs is 1. The smallest absolute Gasteiger partial charge is 0.168 e. The first kappa shape index (κ1) is 21.7. The first-order valence-corrected chi connectivity index (χ1v) is 12.9. The van der Waals surface area contributed by atoms with Crippen LogP contribution in [0, 0.1) is 5.92 Å². The largest absolute Gasteiger partial charge is 0.359 e. The van der Waals surface area contributed by atoms with Crippen molar-refractivity contribution in [2.45, 2.75) is 49.7 Å². The number of benzene rings is 1. The number of aromatic amines is 1. The molecule has 170 valence electrons. The SMILES string of the molecule is C=C1c2[nH]ccc2C(c2cc(S(=O)CC)ccc2CC2CCC3(CC2)OCCO3)=CN1C. The molecule has 0 amide bonds. The van der Waals surface area contributed by atoms with Crippen molar-refractivity contribution in [3.8, 4) is 0 Å². The van der Waals surface area contributed by atoms with Crippen LogP contribution >= 0.6 is 0 Å². The number of nitrogens with zero attached hydrogens (tertiary/aromatic N) is 1. The van der Waals surface area contributed by atoms with Gasteiger partial charge in [-0.05, 0) is 54.5 Å². The maximum absolute atomic E-state index is 12.6. The molecule has 2 aromatic rings. The first-order valence-electron chi connectivity index (χ1n) is 11.6. The standard InChI is InChI=1S/C26H32N2O3S/c1-4-32(29)21-6-5-20(15-19-7-10-26(11-8-19)30-13-14-31-26)23(16-21)24-17-28(3)18(2)25-22(24)9-12-27-25/h5-6,9,12,16-17,19,27H,2,4,7-8,10-11,13-15H2,1,3H3. The van der Waals surface area contributed by atoms with Crippen molar-refractivity contribution in [1.82, 2.24) is 9.88 Å². The number of hydrogen-bond acceptors (Lipinski definition) is 4. The van der Waals surface area contributed by atoms with Gasteiger partial charge in [0, 0.05) is 54.1 Å². The molecule has 3 heterocycles. The van der Waals surface area contributed by atoms with Crippen LogP contribution in [0.4, 0.5) is 0 Å². The summed E-state index contributed by atoms with van der Waals surface area (Å²) in [6.07, 6.45) is 9.29. The van der Waals surface area contributed by atoms with Crippen molar-refractivity contribution in [1.29, 1.82) is 0 Å². The van der Waals surface area contributed by atoms with Gasteiger partial charge in [0.1, 0.15) is 0 Å². The highest BCUT2D eigenvalue weighted by molar-refractivity contribution is 7.85. The van der Waals surface area contributed by atoms with E-state index >= 15 is 0 Å². The Morgan fingerprint density at radius 2 is 1.94 bits per heavy atom. The molecule has 1 saturated heterocycles. The number of nitrogens with one attached hydrogen (secondary N) is 1. The van der Waals surface area contributed by atoms with E-state index in [4.69, 9.17) is 9.47 Å². The molecule has 1 unspecified atom stereocenters. The van der Waals surface area contributed by atoms with Crippen molar-refractivity contribution >= 4 is 22.1 Å². The lowest BCUT2D eigenvalue weighted by Gasteiger charge is -2.35. The lowest BCUT2D eigenvalue weighted by molar-refractivity contribution is -0.182. The van der Waals surface area contributed by atoms with Crippen LogP contribution in [0.5, 0.6) is 0 Å². The van der Waals surface area contributed by atoms with Crippen LogP contribution < -0.4 is 0 Å². The van der Waals surface area contributed by atoms with Crippen LogP contribution in [0.2, 0.25) is 0 Å². The van der Waals surface area contributed by atoms with E-state index in [9.17, 15) is 4.21 Å². The minimum absolute atomic E-state index is 0.323. The molecule has 1 aromatic carbocycles. The van der Waals surface area contributed by atoms with Crippen molar-refractivity contribution in [2.75, 3.05) is 26.0 Å². The van der Waals surface area contributed by atoms with Crippen LogP contribution in [0.25, 0.3) is 11.3 Å². The molecule has 0 radical (unpaired) electrons. The quantitative estimate of drug-likeness (QED) is 0.699. The van der Waals surface area contributed by atoms with Crippen molar-refractivity contribution < 1.29 is 13.7 Å². The zero-order chi connectivity index (χ0) is 22.3. The molecule has 1 aromatic heterocycles. The van der Waals surface area contributed by atoms with Gasteiger partial charge in [0.05, 0.1) is 35.4 Å². The summed E-state index contributed by atoms with van der Waals surface area (Å²) in [6.45, 7) is 7.63. The molecule has 3 aliphatic rings. The summed E-state index contributed by atoms with van der Waals surface area (Å²) in [7, 11) is 1.04. The van der Waals surface area contributed by atoms with Gasteiger partial charge in [-0.15, -0.1) is 0 Å². The Kier molecular flexibility index (Phi) is 5.86. The zero-order valence-corrected chi connectivity index (χ0v) is 19.8. The zero-order valence-electron chi connectivity index (χ0n) is 19.0. The fraction of sp³-hybridized carbons (Fsp3) is 0.462. The Balaban J connectivity index is 1.48. The highest BCUT2D eigenvalue weighted by Crippen LogP contribution is 2.42. The fourth-order valence-electron chi connectivity index (χ4n) is 5.28. The second-order valence-electron chi connectivity index (χ2n) is 9.07. The lowest BCUT2D eigenvalue weighted by atomic mass is 9.80. The van der Waals surface area contributed by atoms with Gasteiger partial charge in [-0.3, -0.25) is 4.21 Å². The average molecular weight is 453 g/mol. The highest BCUT2D eigenvalue weighted by atomic mass is 32.2. The van der Waals surface area contributed by atoms with Gasteiger partial charge in [0.25, 0.3) is 0 Å². The molecule has 1 aliphatic carbocycles. The summed E-state index contributed by atoms with van der Waals surface area (Å²) >= 11 is 0. The van der Waals surface area contributed by atoms with E-state index in [1.54, 1.807) is 0 Å². The maximum atomic E-state index is 12.6. The van der Waals surface area contributed by atoms with Gasteiger partial charge in [0.15, 0.2) is 5.79 Å². The predicted molar refractivity (Wildman–Crippen MR) is 128 cm³/mol. The van der Waals surface area contributed by atoms with E-state index < -0.39 is 10.8 Å². The summed E-state index contributed by atoms with van der Waals surface area (Å²) in [5.41, 5.74) is 6.82. The first-order chi connectivity index (χ1) is 15.5. The van der Waals surface area contributed by atoms with E-state index in [1.165, 1.54) is 11.1 Å². The Hall–Kier alpha value is -2.15. The normalized spacial score (nSPS) is 21.6. The Bertz CT molecular complexity index is 1070. The second-order valence-corrected chi connectivity index (χ2v) is 10.8. The van der Waals surface area contributed by atoms with Crippen LogP contribution in [0.1, 0.15) is 55.0 Å². The minimum atomic E-state index is -0.989. The monoisotopic (exact) mass is 452 g/mol. The molecule has 0 bridgehead atoms. The lowest BCUT2D eigenvalue weighted by Crippen LogP contribution is -2.35. The molecule has 1 N–H and O–H groups in total. The van der Waals surface area contributed by atoms with Crippen molar-refractivity contribution in [3.63, 3.8) is 0 Å². The van der Waals surface area contributed by atoms with Gasteiger partial charge in [-0.2, -0.15) is 0 Å². The summed E-state index contributed by atoms with van der Waals surface area (Å²) in [5, 5.41) is 0. The number of H-pyrrole nitrogens is 1. The molecule has 6 heteroatoms. The third-order valence-corrected chi connectivity index (χ3v) is 8.46. The number of rotatable bonds is 5. The predicted octanol–water partition coefficient (Wildman–Crippen LogP) is 4.92. The Morgan fingerprint density at radius 1 is 1.19 bits per heavy atom. The molecule has 2 fully saturated rings. The van der Waals surface area contributed by atoms with Crippen LogP contribution in [0.15, 0.2) is 48.1 Å². The molecule has 2 aliphatic heterocycles. The summed E-state index contributed by atoms with van der Waals surface area (Å²) in [5.74, 6) is 0.891. The Morgan fingerprint density at radius 3 is 2.66 bits per heavy atom. The van der Waals surface area contributed by atoms with Gasteiger partial charge < -0.3 is 19.4 Å². The summed E-state index contributed by atoms with van der Waals surface area (Å²) in [4.78, 5) is 6.31. The molecular formula is C26H32N2O3S. The van der Waals surface area contributed by atoms with Crippen LogP contribution in [-0.4, -0.2) is 45.9 Å². The number of hydrogen-bond donors (Lipinski definition) is 1. The number of ether oxygens (including phenoxy) is 2. The second kappa shape index (κ2) is 8.65. The van der Waals surface area contributed by atoms with E-state index in [-0.39, 0.29) is 5.79 Å². The maximum Gasteiger partial charge on any atom is 0.168 e. The van der Waals surface area contributed by atoms with Gasteiger partial charge in [0.2, 0.25) is 0 Å². The summed E-state index contributed by atoms with van der Waals surface area (Å²) in [6, 6.07) is 8.51. The van der Waals surface area contributed by atoms with Crippen molar-refractivity contribution in [2.24, 2.45) is 5.92 Å². The fourth-order valence-corrected chi connectivity index (χ4v) is 6.08.